The first-order chi connectivity index (χ1) is 10.6. The molecule has 22 heavy (non-hydrogen) atoms. The van der Waals surface area contributed by atoms with Crippen LogP contribution >= 0.6 is 0 Å². The zero-order valence-electron chi connectivity index (χ0n) is 13.2. The fraction of sp³-hybridized carbons (Fsp3) is 0.667. The SMILES string of the molecule is C[C@H](NCC(=O)N[C@@H]1CCCCNC1=O)[C@@H](C)n1cccn1. The zero-order chi connectivity index (χ0) is 15.9. The second-order valence-corrected chi connectivity index (χ2v) is 5.80. The number of carbonyl (C=O) groups is 2. The van der Waals surface area contributed by atoms with Crippen LogP contribution in [0.25, 0.3) is 0 Å². The third-order valence-corrected chi connectivity index (χ3v) is 4.12. The Balaban J connectivity index is 1.76. The van der Waals surface area contributed by atoms with Gasteiger partial charge in [-0.25, -0.2) is 0 Å². The van der Waals surface area contributed by atoms with Crippen LogP contribution in [0.2, 0.25) is 0 Å². The fourth-order valence-corrected chi connectivity index (χ4v) is 2.50. The normalized spacial score (nSPS) is 21.5. The van der Waals surface area contributed by atoms with Gasteiger partial charge in [0.2, 0.25) is 11.8 Å². The second-order valence-electron chi connectivity index (χ2n) is 5.80. The molecule has 2 amide bonds. The number of aromatic nitrogens is 2. The highest BCUT2D eigenvalue weighted by Crippen LogP contribution is 2.08. The molecule has 2 heterocycles. The van der Waals surface area contributed by atoms with Gasteiger partial charge in [0, 0.05) is 25.0 Å². The molecular formula is C15H25N5O2. The van der Waals surface area contributed by atoms with E-state index < -0.39 is 6.04 Å². The lowest BCUT2D eigenvalue weighted by atomic mass is 10.1. The van der Waals surface area contributed by atoms with E-state index in [2.05, 4.69) is 21.0 Å². The van der Waals surface area contributed by atoms with Gasteiger partial charge in [-0.2, -0.15) is 5.10 Å². The summed E-state index contributed by atoms with van der Waals surface area (Å²) in [5.41, 5.74) is 0. The minimum Gasteiger partial charge on any atom is -0.354 e. The fourth-order valence-electron chi connectivity index (χ4n) is 2.50. The monoisotopic (exact) mass is 307 g/mol. The number of amides is 2. The van der Waals surface area contributed by atoms with Crippen LogP contribution in [-0.2, 0) is 9.59 Å². The minimum atomic E-state index is -0.407. The van der Waals surface area contributed by atoms with Gasteiger partial charge in [-0.15, -0.1) is 0 Å². The van der Waals surface area contributed by atoms with Crippen molar-refractivity contribution in [3.63, 3.8) is 0 Å². The van der Waals surface area contributed by atoms with Gasteiger partial charge in [0.25, 0.3) is 0 Å². The molecule has 3 atom stereocenters. The molecule has 1 fully saturated rings. The van der Waals surface area contributed by atoms with Crippen LogP contribution in [0.4, 0.5) is 0 Å². The van der Waals surface area contributed by atoms with Gasteiger partial charge in [-0.3, -0.25) is 14.3 Å². The molecule has 0 radical (unpaired) electrons. The highest BCUT2D eigenvalue weighted by molar-refractivity contribution is 5.88. The standard InChI is InChI=1S/C15H25N5O2/c1-11(12(2)20-9-5-8-18-20)17-10-14(21)19-13-6-3-4-7-16-15(13)22/h5,8-9,11-13,17H,3-4,6-7,10H2,1-2H3,(H,16,22)(H,19,21)/t11-,12+,13+/m0/s1. The maximum absolute atomic E-state index is 12.0. The molecule has 2 rings (SSSR count). The van der Waals surface area contributed by atoms with Crippen LogP contribution in [-0.4, -0.2) is 46.8 Å². The Morgan fingerprint density at radius 2 is 2.32 bits per heavy atom. The van der Waals surface area contributed by atoms with E-state index in [1.165, 1.54) is 0 Å². The summed E-state index contributed by atoms with van der Waals surface area (Å²) < 4.78 is 1.86. The van der Waals surface area contributed by atoms with Crippen LogP contribution in [0.1, 0.15) is 39.2 Å². The second kappa shape index (κ2) is 7.93. The molecule has 0 unspecified atom stereocenters. The van der Waals surface area contributed by atoms with Crippen molar-refractivity contribution in [1.29, 1.82) is 0 Å². The Morgan fingerprint density at radius 3 is 3.05 bits per heavy atom. The van der Waals surface area contributed by atoms with Gasteiger partial charge in [0.1, 0.15) is 6.04 Å². The third kappa shape index (κ3) is 4.56. The van der Waals surface area contributed by atoms with E-state index in [0.717, 1.165) is 12.8 Å². The molecule has 7 heteroatoms. The summed E-state index contributed by atoms with van der Waals surface area (Å²) in [4.78, 5) is 23.8. The van der Waals surface area contributed by atoms with Crippen LogP contribution in [0, 0.1) is 0 Å². The smallest absolute Gasteiger partial charge is 0.242 e. The predicted octanol–water partition coefficient (Wildman–Crippen LogP) is 0.207. The van der Waals surface area contributed by atoms with Crippen molar-refractivity contribution in [1.82, 2.24) is 25.7 Å². The summed E-state index contributed by atoms with van der Waals surface area (Å²) in [6.45, 7) is 4.94. The quantitative estimate of drug-likeness (QED) is 0.701. The molecule has 0 spiro atoms. The molecule has 1 aliphatic heterocycles. The lowest BCUT2D eigenvalue weighted by Gasteiger charge is -2.22. The molecule has 1 aromatic heterocycles. The summed E-state index contributed by atoms with van der Waals surface area (Å²) in [7, 11) is 0. The Morgan fingerprint density at radius 1 is 1.50 bits per heavy atom. The summed E-state index contributed by atoms with van der Waals surface area (Å²) in [5, 5.41) is 13.0. The third-order valence-electron chi connectivity index (χ3n) is 4.12. The molecular weight excluding hydrogens is 282 g/mol. The minimum absolute atomic E-state index is 0.0798. The number of nitrogens with one attached hydrogen (secondary N) is 3. The largest absolute Gasteiger partial charge is 0.354 e. The molecule has 1 aliphatic rings. The van der Waals surface area contributed by atoms with Crippen molar-refractivity contribution in [2.45, 2.75) is 51.2 Å². The van der Waals surface area contributed by atoms with E-state index in [-0.39, 0.29) is 30.4 Å². The van der Waals surface area contributed by atoms with E-state index in [4.69, 9.17) is 0 Å². The van der Waals surface area contributed by atoms with Crippen molar-refractivity contribution in [3.05, 3.63) is 18.5 Å². The number of hydrogen-bond donors (Lipinski definition) is 3. The Hall–Kier alpha value is -1.89. The predicted molar refractivity (Wildman–Crippen MR) is 83.2 cm³/mol. The molecule has 3 N–H and O–H groups in total. The van der Waals surface area contributed by atoms with E-state index >= 15 is 0 Å². The molecule has 0 aliphatic carbocycles. The van der Waals surface area contributed by atoms with Crippen molar-refractivity contribution in [3.8, 4) is 0 Å². The first kappa shape index (κ1) is 16.5. The van der Waals surface area contributed by atoms with Crippen molar-refractivity contribution in [2.24, 2.45) is 0 Å². The lowest BCUT2D eigenvalue weighted by molar-refractivity contribution is -0.128. The van der Waals surface area contributed by atoms with E-state index in [0.29, 0.717) is 13.0 Å². The number of nitrogens with zero attached hydrogens (tertiary/aromatic N) is 2. The van der Waals surface area contributed by atoms with Crippen molar-refractivity contribution >= 4 is 11.8 Å². The van der Waals surface area contributed by atoms with Gasteiger partial charge >= 0.3 is 0 Å². The number of hydrogen-bond acceptors (Lipinski definition) is 4. The van der Waals surface area contributed by atoms with Crippen LogP contribution in [0.5, 0.6) is 0 Å². The summed E-state index contributed by atoms with van der Waals surface area (Å²) in [6, 6.07) is 1.70. The topological polar surface area (TPSA) is 88.0 Å². The van der Waals surface area contributed by atoms with Crippen molar-refractivity contribution < 1.29 is 9.59 Å². The van der Waals surface area contributed by atoms with Crippen LogP contribution < -0.4 is 16.0 Å². The Kier molecular flexibility index (Phi) is 5.94. The molecule has 0 saturated carbocycles. The highest BCUT2D eigenvalue weighted by atomic mass is 16.2. The van der Waals surface area contributed by atoms with E-state index in [1.54, 1.807) is 6.20 Å². The summed E-state index contributed by atoms with van der Waals surface area (Å²) in [5.74, 6) is -0.231. The van der Waals surface area contributed by atoms with Crippen LogP contribution in [0.3, 0.4) is 0 Å². The Bertz CT molecular complexity index is 488. The van der Waals surface area contributed by atoms with Gasteiger partial charge < -0.3 is 16.0 Å². The van der Waals surface area contributed by atoms with Gasteiger partial charge in [-0.1, -0.05) is 0 Å². The van der Waals surface area contributed by atoms with Gasteiger partial charge in [0.15, 0.2) is 0 Å². The first-order valence-electron chi connectivity index (χ1n) is 7.87. The molecule has 1 saturated heterocycles. The average Bonchev–Trinajstić information content (AvgIpc) is 2.97. The van der Waals surface area contributed by atoms with E-state index in [1.807, 2.05) is 30.8 Å². The molecule has 7 nitrogen and oxygen atoms in total. The van der Waals surface area contributed by atoms with Gasteiger partial charge in [0.05, 0.1) is 12.6 Å². The van der Waals surface area contributed by atoms with Gasteiger partial charge in [-0.05, 0) is 39.2 Å². The number of rotatable bonds is 6. The highest BCUT2D eigenvalue weighted by Gasteiger charge is 2.22. The molecule has 0 aromatic carbocycles. The lowest BCUT2D eigenvalue weighted by Crippen LogP contribution is -2.49. The maximum Gasteiger partial charge on any atom is 0.242 e. The maximum atomic E-state index is 12.0. The zero-order valence-corrected chi connectivity index (χ0v) is 13.2. The average molecular weight is 307 g/mol. The first-order valence-corrected chi connectivity index (χ1v) is 7.87. The molecule has 122 valence electrons. The molecule has 0 bridgehead atoms. The summed E-state index contributed by atoms with van der Waals surface area (Å²) >= 11 is 0. The van der Waals surface area contributed by atoms with Crippen molar-refractivity contribution in [2.75, 3.05) is 13.1 Å². The number of carbonyl (C=O) groups excluding carboxylic acids is 2. The van der Waals surface area contributed by atoms with E-state index in [9.17, 15) is 9.59 Å². The summed E-state index contributed by atoms with van der Waals surface area (Å²) in [6.07, 6.45) is 6.26. The Labute approximate surface area is 130 Å². The van der Waals surface area contributed by atoms with Crippen LogP contribution in [0.15, 0.2) is 18.5 Å². The molecule has 1 aromatic rings.